The van der Waals surface area contributed by atoms with Crippen LogP contribution >= 0.6 is 0 Å². The maximum atomic E-state index is 10.7. The molecule has 7 nitrogen and oxygen atoms in total. The van der Waals surface area contributed by atoms with E-state index >= 15 is 0 Å². The Morgan fingerprint density at radius 2 is 1.93 bits per heavy atom. The number of aliphatic hydroxyl groups is 1. The second kappa shape index (κ2) is 8.16. The highest BCUT2D eigenvalue weighted by Crippen LogP contribution is 2.35. The first-order valence-electron chi connectivity index (χ1n) is 10.6. The van der Waals surface area contributed by atoms with E-state index < -0.39 is 6.10 Å². The van der Waals surface area contributed by atoms with Gasteiger partial charge >= 0.3 is 0 Å². The third-order valence-corrected chi connectivity index (χ3v) is 5.97. The molecular formula is C23H27N3O4. The molecule has 30 heavy (non-hydrogen) atoms. The topological polar surface area (TPSA) is 69.0 Å². The van der Waals surface area contributed by atoms with Gasteiger partial charge in [-0.3, -0.25) is 4.57 Å². The molecule has 158 valence electrons. The van der Waals surface area contributed by atoms with Crippen LogP contribution in [-0.4, -0.2) is 52.6 Å². The van der Waals surface area contributed by atoms with Gasteiger partial charge in [-0.2, -0.15) is 4.98 Å². The number of hydrogen-bond acceptors (Lipinski definition) is 6. The van der Waals surface area contributed by atoms with E-state index in [0.717, 1.165) is 48.3 Å². The molecule has 0 spiro atoms. The van der Waals surface area contributed by atoms with Crippen molar-refractivity contribution in [1.82, 2.24) is 14.5 Å². The van der Waals surface area contributed by atoms with Gasteiger partial charge in [0.25, 0.3) is 6.01 Å². The standard InChI is InChI=1S/C23H27N3O4/c1-2-28-23-24-18-5-3-4-6-19(18)26(23)17-9-11-25(12-10-17)14-20(27)16-7-8-21-22(13-16)30-15-29-21/h3-8,13,17,20,27H,2,9-12,14-15H2,1H3. The van der Waals surface area contributed by atoms with Gasteiger partial charge in [0, 0.05) is 25.7 Å². The zero-order chi connectivity index (χ0) is 20.5. The average Bonchev–Trinajstić information content (AvgIpc) is 3.38. The molecule has 1 aromatic heterocycles. The van der Waals surface area contributed by atoms with Crippen molar-refractivity contribution in [2.45, 2.75) is 31.9 Å². The largest absolute Gasteiger partial charge is 0.465 e. The fraction of sp³-hybridized carbons (Fsp3) is 0.435. The van der Waals surface area contributed by atoms with E-state index in [1.807, 2.05) is 43.3 Å². The van der Waals surface area contributed by atoms with Crippen LogP contribution in [0.25, 0.3) is 11.0 Å². The normalized spacial score (nSPS) is 18.1. The Morgan fingerprint density at radius 3 is 2.77 bits per heavy atom. The number of benzene rings is 2. The van der Waals surface area contributed by atoms with Crippen molar-refractivity contribution in [1.29, 1.82) is 0 Å². The molecule has 0 saturated carbocycles. The first-order valence-corrected chi connectivity index (χ1v) is 10.6. The number of hydrogen-bond donors (Lipinski definition) is 1. The number of rotatable bonds is 6. The minimum atomic E-state index is -0.552. The highest BCUT2D eigenvalue weighted by atomic mass is 16.7. The van der Waals surface area contributed by atoms with Gasteiger partial charge in [0.05, 0.1) is 23.7 Å². The summed E-state index contributed by atoms with van der Waals surface area (Å²) in [7, 11) is 0. The summed E-state index contributed by atoms with van der Waals surface area (Å²) in [6.07, 6.45) is 1.44. The number of nitrogens with zero attached hydrogens (tertiary/aromatic N) is 3. The number of piperidine rings is 1. The molecule has 0 bridgehead atoms. The third-order valence-electron chi connectivity index (χ3n) is 5.97. The Morgan fingerprint density at radius 1 is 1.13 bits per heavy atom. The molecule has 2 aliphatic rings. The van der Waals surface area contributed by atoms with Crippen molar-refractivity contribution in [3.63, 3.8) is 0 Å². The van der Waals surface area contributed by atoms with E-state index in [0.29, 0.717) is 31.0 Å². The van der Waals surface area contributed by atoms with Crippen LogP contribution in [0.15, 0.2) is 42.5 Å². The highest BCUT2D eigenvalue weighted by Gasteiger charge is 2.27. The molecule has 3 heterocycles. The van der Waals surface area contributed by atoms with E-state index in [1.54, 1.807) is 0 Å². The van der Waals surface area contributed by atoms with E-state index in [2.05, 4.69) is 20.5 Å². The molecule has 1 saturated heterocycles. The van der Waals surface area contributed by atoms with Gasteiger partial charge in [0.1, 0.15) is 0 Å². The molecule has 1 unspecified atom stereocenters. The number of aliphatic hydroxyl groups excluding tert-OH is 1. The lowest BCUT2D eigenvalue weighted by Crippen LogP contribution is -2.37. The molecule has 5 rings (SSSR count). The van der Waals surface area contributed by atoms with Crippen molar-refractivity contribution in [3.8, 4) is 17.5 Å². The molecule has 2 aliphatic heterocycles. The Hall–Kier alpha value is -2.77. The Bertz CT molecular complexity index is 1030. The Kier molecular flexibility index (Phi) is 5.23. The summed E-state index contributed by atoms with van der Waals surface area (Å²) in [6.45, 7) is 5.28. The summed E-state index contributed by atoms with van der Waals surface area (Å²) in [6, 6.07) is 14.9. The Labute approximate surface area is 175 Å². The number of para-hydroxylation sites is 2. The highest BCUT2D eigenvalue weighted by molar-refractivity contribution is 5.76. The third kappa shape index (κ3) is 3.59. The predicted octanol–water partition coefficient (Wildman–Crippen LogP) is 3.53. The first-order chi connectivity index (χ1) is 14.7. The van der Waals surface area contributed by atoms with Crippen LogP contribution in [0.2, 0.25) is 0 Å². The summed E-state index contributed by atoms with van der Waals surface area (Å²) in [5, 5.41) is 10.7. The monoisotopic (exact) mass is 409 g/mol. The summed E-state index contributed by atoms with van der Waals surface area (Å²) in [5.74, 6) is 1.45. The zero-order valence-corrected chi connectivity index (χ0v) is 17.2. The fourth-order valence-corrected chi connectivity index (χ4v) is 4.44. The van der Waals surface area contributed by atoms with Gasteiger partial charge < -0.3 is 24.2 Å². The maximum Gasteiger partial charge on any atom is 0.297 e. The van der Waals surface area contributed by atoms with Crippen molar-refractivity contribution < 1.29 is 19.3 Å². The lowest BCUT2D eigenvalue weighted by Gasteiger charge is -2.34. The lowest BCUT2D eigenvalue weighted by atomic mass is 10.0. The Balaban J connectivity index is 1.26. The van der Waals surface area contributed by atoms with Gasteiger partial charge in [-0.05, 0) is 49.6 Å². The minimum absolute atomic E-state index is 0.245. The summed E-state index contributed by atoms with van der Waals surface area (Å²) >= 11 is 0. The van der Waals surface area contributed by atoms with E-state index in [-0.39, 0.29) is 6.79 Å². The molecule has 0 amide bonds. The van der Waals surface area contributed by atoms with Gasteiger partial charge in [-0.1, -0.05) is 18.2 Å². The molecule has 0 aliphatic carbocycles. The molecule has 2 aromatic carbocycles. The second-order valence-corrected chi connectivity index (χ2v) is 7.85. The molecule has 1 N–H and O–H groups in total. The average molecular weight is 409 g/mol. The number of aromatic nitrogens is 2. The lowest BCUT2D eigenvalue weighted by molar-refractivity contribution is 0.0894. The van der Waals surface area contributed by atoms with Crippen LogP contribution < -0.4 is 14.2 Å². The van der Waals surface area contributed by atoms with Crippen LogP contribution in [0.1, 0.15) is 37.5 Å². The number of likely N-dealkylation sites (tertiary alicyclic amines) is 1. The van der Waals surface area contributed by atoms with Crippen molar-refractivity contribution in [2.24, 2.45) is 0 Å². The van der Waals surface area contributed by atoms with Gasteiger partial charge in [-0.25, -0.2) is 0 Å². The molecular weight excluding hydrogens is 382 g/mol. The predicted molar refractivity (Wildman–Crippen MR) is 113 cm³/mol. The molecule has 7 heteroatoms. The quantitative estimate of drug-likeness (QED) is 0.672. The molecule has 1 fully saturated rings. The van der Waals surface area contributed by atoms with Gasteiger partial charge in [0.15, 0.2) is 11.5 Å². The fourth-order valence-electron chi connectivity index (χ4n) is 4.44. The van der Waals surface area contributed by atoms with Crippen molar-refractivity contribution >= 4 is 11.0 Å². The van der Waals surface area contributed by atoms with Crippen LogP contribution in [-0.2, 0) is 0 Å². The van der Waals surface area contributed by atoms with Gasteiger partial charge in [0.2, 0.25) is 6.79 Å². The number of fused-ring (bicyclic) bond motifs is 2. The SMILES string of the molecule is CCOc1nc2ccccc2n1C1CCN(CC(O)c2ccc3c(c2)OCO3)CC1. The number of β-amino-alcohol motifs (C(OH)–C–C–N with tert-alkyl or cyclic N) is 1. The number of imidazole rings is 1. The summed E-state index contributed by atoms with van der Waals surface area (Å²) in [4.78, 5) is 7.00. The summed E-state index contributed by atoms with van der Waals surface area (Å²) < 4.78 is 18.9. The second-order valence-electron chi connectivity index (χ2n) is 7.85. The molecule has 3 aromatic rings. The van der Waals surface area contributed by atoms with Crippen LogP contribution in [0.3, 0.4) is 0 Å². The maximum absolute atomic E-state index is 10.7. The smallest absolute Gasteiger partial charge is 0.297 e. The molecule has 0 radical (unpaired) electrons. The van der Waals surface area contributed by atoms with E-state index in [4.69, 9.17) is 14.2 Å². The van der Waals surface area contributed by atoms with Crippen molar-refractivity contribution in [2.75, 3.05) is 33.0 Å². The zero-order valence-electron chi connectivity index (χ0n) is 17.2. The molecule has 1 atom stereocenters. The summed E-state index contributed by atoms with van der Waals surface area (Å²) in [5.41, 5.74) is 2.96. The van der Waals surface area contributed by atoms with Gasteiger partial charge in [-0.15, -0.1) is 0 Å². The first kappa shape index (κ1) is 19.2. The van der Waals surface area contributed by atoms with Crippen LogP contribution in [0, 0.1) is 0 Å². The van der Waals surface area contributed by atoms with Crippen LogP contribution in [0.4, 0.5) is 0 Å². The van der Waals surface area contributed by atoms with Crippen LogP contribution in [0.5, 0.6) is 17.5 Å². The minimum Gasteiger partial charge on any atom is -0.465 e. The van der Waals surface area contributed by atoms with Crippen molar-refractivity contribution in [3.05, 3.63) is 48.0 Å². The van der Waals surface area contributed by atoms with E-state index in [9.17, 15) is 5.11 Å². The van der Waals surface area contributed by atoms with E-state index in [1.165, 1.54) is 0 Å². The number of ether oxygens (including phenoxy) is 3.